The topological polar surface area (TPSA) is 63.8 Å². The minimum atomic E-state index is -1.08. The highest BCUT2D eigenvalue weighted by Gasteiger charge is 2.17. The average Bonchev–Trinajstić information content (AvgIpc) is 2.56. The van der Waals surface area contributed by atoms with Gasteiger partial charge in [-0.1, -0.05) is 6.07 Å². The zero-order valence-electron chi connectivity index (χ0n) is 7.77. The van der Waals surface area contributed by atoms with Gasteiger partial charge < -0.3 is 9.84 Å². The first kappa shape index (κ1) is 9.97. The molecule has 1 N–H and O–H groups in total. The van der Waals surface area contributed by atoms with Gasteiger partial charge in [-0.05, 0) is 22.0 Å². The van der Waals surface area contributed by atoms with Crippen LogP contribution >= 0.6 is 15.9 Å². The maximum atomic E-state index is 10.8. The number of carbonyl (C=O) groups is 1. The predicted octanol–water partition coefficient (Wildman–Crippen LogP) is 1.80. The van der Waals surface area contributed by atoms with E-state index in [2.05, 4.69) is 21.0 Å². The fraction of sp³-hybridized carbons (Fsp3) is 0.111. The van der Waals surface area contributed by atoms with Gasteiger partial charge in [-0.3, -0.25) is 0 Å². The van der Waals surface area contributed by atoms with E-state index in [-0.39, 0.29) is 5.69 Å². The highest BCUT2D eigenvalue weighted by molar-refractivity contribution is 9.10. The summed E-state index contributed by atoms with van der Waals surface area (Å²) in [6, 6.07) is 5.23. The highest BCUT2D eigenvalue weighted by atomic mass is 79.9. The molecule has 2 aromatic heterocycles. The van der Waals surface area contributed by atoms with E-state index >= 15 is 0 Å². The van der Waals surface area contributed by atoms with Crippen LogP contribution in [0.5, 0.6) is 5.88 Å². The second-order valence-electron chi connectivity index (χ2n) is 2.83. The quantitative estimate of drug-likeness (QED) is 0.904. The molecule has 0 aliphatic heterocycles. The van der Waals surface area contributed by atoms with E-state index in [1.165, 1.54) is 11.6 Å². The summed E-state index contributed by atoms with van der Waals surface area (Å²) >= 11 is 3.20. The molecule has 6 heteroatoms. The van der Waals surface area contributed by atoms with Gasteiger partial charge in [0.1, 0.15) is 0 Å². The normalized spacial score (nSPS) is 10.5. The number of carboxylic acids is 1. The maximum absolute atomic E-state index is 10.8. The van der Waals surface area contributed by atoms with Crippen LogP contribution in [0.15, 0.2) is 22.7 Å². The molecule has 2 aromatic rings. The Labute approximate surface area is 93.4 Å². The van der Waals surface area contributed by atoms with Crippen LogP contribution in [0.2, 0.25) is 0 Å². The Balaban J connectivity index is 2.81. The molecule has 15 heavy (non-hydrogen) atoms. The van der Waals surface area contributed by atoms with Gasteiger partial charge in [0, 0.05) is 6.07 Å². The lowest BCUT2D eigenvalue weighted by molar-refractivity contribution is 0.0689. The molecule has 2 rings (SSSR count). The fourth-order valence-corrected chi connectivity index (χ4v) is 1.86. The second kappa shape index (κ2) is 3.54. The van der Waals surface area contributed by atoms with Crippen molar-refractivity contribution in [3.05, 3.63) is 28.4 Å². The fourth-order valence-electron chi connectivity index (χ4n) is 1.31. The number of rotatable bonds is 2. The van der Waals surface area contributed by atoms with Crippen molar-refractivity contribution in [1.82, 2.24) is 9.61 Å². The number of aromatic nitrogens is 2. The van der Waals surface area contributed by atoms with E-state index in [0.717, 1.165) is 0 Å². The molecule has 0 bridgehead atoms. The van der Waals surface area contributed by atoms with Crippen LogP contribution < -0.4 is 4.74 Å². The zero-order valence-corrected chi connectivity index (χ0v) is 9.35. The summed E-state index contributed by atoms with van der Waals surface area (Å²) in [6.45, 7) is 0. The van der Waals surface area contributed by atoms with E-state index in [1.54, 1.807) is 18.2 Å². The van der Waals surface area contributed by atoms with E-state index in [9.17, 15) is 4.79 Å². The lowest BCUT2D eigenvalue weighted by atomic mass is 10.3. The van der Waals surface area contributed by atoms with E-state index in [1.807, 2.05) is 0 Å². The Morgan fingerprint density at radius 2 is 2.33 bits per heavy atom. The molecule has 78 valence electrons. The van der Waals surface area contributed by atoms with Crippen LogP contribution in [0.25, 0.3) is 5.52 Å². The number of carboxylic acid groups (broad SMARTS) is 1. The summed E-state index contributed by atoms with van der Waals surface area (Å²) in [6.07, 6.45) is 0. The number of ether oxygens (including phenoxy) is 1. The van der Waals surface area contributed by atoms with Gasteiger partial charge in [0.05, 0.1) is 17.1 Å². The minimum Gasteiger partial charge on any atom is -0.481 e. The number of nitrogens with zero attached hydrogens (tertiary/aromatic N) is 2. The molecule has 0 spiro atoms. The molecular weight excluding hydrogens is 264 g/mol. The van der Waals surface area contributed by atoms with Crippen LogP contribution in [-0.2, 0) is 0 Å². The minimum absolute atomic E-state index is 0.0282. The first-order valence-electron chi connectivity index (χ1n) is 4.09. The molecule has 0 amide bonds. The number of aromatic carboxylic acids is 1. The largest absolute Gasteiger partial charge is 0.481 e. The Morgan fingerprint density at radius 1 is 1.60 bits per heavy atom. The molecule has 0 saturated carbocycles. The number of methoxy groups -OCH3 is 1. The van der Waals surface area contributed by atoms with E-state index in [0.29, 0.717) is 15.9 Å². The van der Waals surface area contributed by atoms with Crippen molar-refractivity contribution >= 4 is 27.4 Å². The lowest BCUT2D eigenvalue weighted by Gasteiger charge is -2.01. The van der Waals surface area contributed by atoms with Crippen LogP contribution in [-0.4, -0.2) is 27.8 Å². The number of pyridine rings is 1. The summed E-state index contributed by atoms with van der Waals surface area (Å²) in [5.74, 6) is -0.590. The van der Waals surface area contributed by atoms with Crippen molar-refractivity contribution in [3.8, 4) is 5.88 Å². The smallest absolute Gasteiger partial charge is 0.357 e. The standard InChI is InChI=1S/C9H7BrN2O3/c1-15-6-4-2-3-5-7(10)8(9(13)14)11-12(5)6/h2-4H,1H3,(H,13,14). The average molecular weight is 271 g/mol. The summed E-state index contributed by atoms with van der Waals surface area (Å²) in [4.78, 5) is 10.8. The molecular formula is C9H7BrN2O3. The van der Waals surface area contributed by atoms with Gasteiger partial charge >= 0.3 is 5.97 Å². The zero-order chi connectivity index (χ0) is 11.0. The van der Waals surface area contributed by atoms with Crippen molar-refractivity contribution in [2.75, 3.05) is 7.11 Å². The molecule has 0 saturated heterocycles. The van der Waals surface area contributed by atoms with Gasteiger partial charge in [0.2, 0.25) is 5.88 Å². The molecule has 0 unspecified atom stereocenters. The van der Waals surface area contributed by atoms with Crippen molar-refractivity contribution in [2.24, 2.45) is 0 Å². The first-order valence-corrected chi connectivity index (χ1v) is 4.89. The van der Waals surface area contributed by atoms with Gasteiger partial charge in [0.15, 0.2) is 5.69 Å². The molecule has 0 aliphatic rings. The molecule has 0 atom stereocenters. The van der Waals surface area contributed by atoms with Crippen LogP contribution in [0.4, 0.5) is 0 Å². The predicted molar refractivity (Wildman–Crippen MR) is 56.4 cm³/mol. The number of halogens is 1. The van der Waals surface area contributed by atoms with Gasteiger partial charge in [-0.25, -0.2) is 4.79 Å². The van der Waals surface area contributed by atoms with Crippen molar-refractivity contribution in [3.63, 3.8) is 0 Å². The Bertz CT molecular complexity index is 535. The van der Waals surface area contributed by atoms with Crippen molar-refractivity contribution in [1.29, 1.82) is 0 Å². The Hall–Kier alpha value is -1.56. The van der Waals surface area contributed by atoms with Crippen LogP contribution in [0, 0.1) is 0 Å². The number of fused-ring (bicyclic) bond motifs is 1. The number of hydrogen-bond acceptors (Lipinski definition) is 3. The summed E-state index contributed by atoms with van der Waals surface area (Å²) in [7, 11) is 1.50. The molecule has 0 radical (unpaired) electrons. The molecule has 5 nitrogen and oxygen atoms in total. The maximum Gasteiger partial charge on any atom is 0.357 e. The van der Waals surface area contributed by atoms with E-state index < -0.39 is 5.97 Å². The lowest BCUT2D eigenvalue weighted by Crippen LogP contribution is -1.99. The molecule has 0 aromatic carbocycles. The van der Waals surface area contributed by atoms with Crippen LogP contribution in [0.3, 0.4) is 0 Å². The monoisotopic (exact) mass is 270 g/mol. The first-order chi connectivity index (χ1) is 7.15. The SMILES string of the molecule is COc1cccc2c(Br)c(C(=O)O)nn12. The Morgan fingerprint density at radius 3 is 2.93 bits per heavy atom. The number of hydrogen-bond donors (Lipinski definition) is 1. The van der Waals surface area contributed by atoms with Crippen molar-refractivity contribution in [2.45, 2.75) is 0 Å². The molecule has 0 aliphatic carbocycles. The van der Waals surface area contributed by atoms with Gasteiger partial charge in [-0.2, -0.15) is 9.61 Å². The summed E-state index contributed by atoms with van der Waals surface area (Å²) in [5, 5.41) is 12.8. The Kier molecular flexibility index (Phi) is 2.36. The second-order valence-corrected chi connectivity index (χ2v) is 3.63. The third kappa shape index (κ3) is 1.46. The highest BCUT2D eigenvalue weighted by Crippen LogP contribution is 2.25. The van der Waals surface area contributed by atoms with Crippen molar-refractivity contribution < 1.29 is 14.6 Å². The van der Waals surface area contributed by atoms with Gasteiger partial charge in [0.25, 0.3) is 0 Å². The molecule has 0 fully saturated rings. The summed E-state index contributed by atoms with van der Waals surface area (Å²) in [5.41, 5.74) is 0.631. The van der Waals surface area contributed by atoms with Gasteiger partial charge in [-0.15, -0.1) is 0 Å². The van der Waals surface area contributed by atoms with E-state index in [4.69, 9.17) is 9.84 Å². The van der Waals surface area contributed by atoms with Crippen LogP contribution in [0.1, 0.15) is 10.5 Å². The summed E-state index contributed by atoms with van der Waals surface area (Å²) < 4.78 is 6.95. The third-order valence-corrected chi connectivity index (χ3v) is 2.76. The molecule has 2 heterocycles. The third-order valence-electron chi connectivity index (χ3n) is 1.97.